The quantitative estimate of drug-likeness (QED) is 0.842. The van der Waals surface area contributed by atoms with Gasteiger partial charge in [-0.3, -0.25) is 0 Å². The van der Waals surface area contributed by atoms with E-state index < -0.39 is 0 Å². The summed E-state index contributed by atoms with van der Waals surface area (Å²) < 4.78 is 0. The molecule has 2 aliphatic rings. The fraction of sp³-hybridized carbons (Fsp3) is 0.812. The summed E-state index contributed by atoms with van der Waals surface area (Å²) in [6.45, 7) is 7.07. The Balaban J connectivity index is 1.89. The van der Waals surface area contributed by atoms with Crippen LogP contribution in [0, 0.1) is 11.3 Å². The van der Waals surface area contributed by atoms with Gasteiger partial charge in [0.05, 0.1) is 11.2 Å². The zero-order valence-electron chi connectivity index (χ0n) is 12.5. The van der Waals surface area contributed by atoms with E-state index in [-0.39, 0.29) is 5.54 Å². The first-order valence-corrected chi connectivity index (χ1v) is 8.48. The van der Waals surface area contributed by atoms with Crippen LogP contribution in [0.4, 0.5) is 0 Å². The van der Waals surface area contributed by atoms with E-state index >= 15 is 0 Å². The number of aromatic nitrogens is 1. The Labute approximate surface area is 120 Å². The molecule has 2 unspecified atom stereocenters. The van der Waals surface area contributed by atoms with Gasteiger partial charge in [0.15, 0.2) is 0 Å². The van der Waals surface area contributed by atoms with Crippen molar-refractivity contribution in [3.8, 4) is 0 Å². The summed E-state index contributed by atoms with van der Waals surface area (Å²) >= 11 is 1.91. The molecule has 0 aromatic carbocycles. The van der Waals surface area contributed by atoms with Gasteiger partial charge >= 0.3 is 0 Å². The highest BCUT2D eigenvalue weighted by atomic mass is 32.1. The van der Waals surface area contributed by atoms with Gasteiger partial charge in [-0.15, -0.1) is 11.3 Å². The van der Waals surface area contributed by atoms with Crippen LogP contribution in [0.2, 0.25) is 0 Å². The van der Waals surface area contributed by atoms with Crippen molar-refractivity contribution >= 4 is 11.3 Å². The minimum absolute atomic E-state index is 0.135. The van der Waals surface area contributed by atoms with E-state index in [1.807, 2.05) is 11.3 Å². The molecule has 0 saturated heterocycles. The van der Waals surface area contributed by atoms with Crippen molar-refractivity contribution in [2.75, 3.05) is 0 Å². The molecule has 1 saturated carbocycles. The van der Waals surface area contributed by atoms with Crippen LogP contribution in [0.3, 0.4) is 0 Å². The van der Waals surface area contributed by atoms with Crippen molar-refractivity contribution in [1.82, 2.24) is 4.98 Å². The molecule has 0 spiro atoms. The van der Waals surface area contributed by atoms with Gasteiger partial charge in [-0.2, -0.15) is 0 Å². The number of hydrogen-bond donors (Lipinski definition) is 1. The molecule has 1 aromatic rings. The van der Waals surface area contributed by atoms with Crippen LogP contribution in [-0.2, 0) is 18.4 Å². The lowest BCUT2D eigenvalue weighted by Crippen LogP contribution is -2.40. The van der Waals surface area contributed by atoms with Crippen LogP contribution in [0.25, 0.3) is 0 Å². The van der Waals surface area contributed by atoms with E-state index in [2.05, 4.69) is 20.8 Å². The average Bonchev–Trinajstić information content (AvgIpc) is 2.70. The lowest BCUT2D eigenvalue weighted by Gasteiger charge is -2.35. The Morgan fingerprint density at radius 3 is 2.84 bits per heavy atom. The lowest BCUT2D eigenvalue weighted by molar-refractivity contribution is 0.238. The van der Waals surface area contributed by atoms with E-state index in [1.54, 1.807) is 0 Å². The molecule has 3 heteroatoms. The van der Waals surface area contributed by atoms with Crippen molar-refractivity contribution in [3.63, 3.8) is 0 Å². The van der Waals surface area contributed by atoms with E-state index in [1.165, 1.54) is 41.3 Å². The summed E-state index contributed by atoms with van der Waals surface area (Å²) in [7, 11) is 0. The Kier molecular flexibility index (Phi) is 3.25. The molecule has 2 atom stereocenters. The fourth-order valence-electron chi connectivity index (χ4n) is 3.70. The molecular formula is C16H26N2S. The number of rotatable bonds is 1. The van der Waals surface area contributed by atoms with Crippen molar-refractivity contribution in [1.29, 1.82) is 0 Å². The molecule has 2 aliphatic carbocycles. The molecule has 0 radical (unpaired) electrons. The fourth-order valence-corrected chi connectivity index (χ4v) is 5.20. The number of aryl methyl sites for hydroxylation is 1. The second kappa shape index (κ2) is 4.56. The third-order valence-corrected chi connectivity index (χ3v) is 6.23. The SMILES string of the molecule is CC1CCCC(N)(c2nc3c(s2)CC(C)(C)CC3)C1. The molecule has 2 N–H and O–H groups in total. The van der Waals surface area contributed by atoms with Crippen molar-refractivity contribution in [3.05, 3.63) is 15.6 Å². The van der Waals surface area contributed by atoms with Gasteiger partial charge < -0.3 is 5.73 Å². The first-order chi connectivity index (χ1) is 8.88. The maximum atomic E-state index is 6.70. The molecule has 0 bridgehead atoms. The summed E-state index contributed by atoms with van der Waals surface area (Å²) in [6.07, 6.45) is 8.41. The Morgan fingerprint density at radius 1 is 1.32 bits per heavy atom. The van der Waals surface area contributed by atoms with Gasteiger partial charge in [0.25, 0.3) is 0 Å². The van der Waals surface area contributed by atoms with Crippen LogP contribution in [0.5, 0.6) is 0 Å². The normalized spacial score (nSPS) is 34.0. The second-order valence-electron chi connectivity index (χ2n) is 7.59. The molecule has 2 nitrogen and oxygen atoms in total. The van der Waals surface area contributed by atoms with Gasteiger partial charge in [-0.1, -0.05) is 33.6 Å². The predicted molar refractivity (Wildman–Crippen MR) is 81.4 cm³/mol. The molecular weight excluding hydrogens is 252 g/mol. The van der Waals surface area contributed by atoms with Crippen molar-refractivity contribution in [2.24, 2.45) is 17.1 Å². The second-order valence-corrected chi connectivity index (χ2v) is 8.67. The number of nitrogens with two attached hydrogens (primary N) is 1. The third kappa shape index (κ3) is 2.59. The Bertz CT molecular complexity index is 477. The van der Waals surface area contributed by atoms with Crippen LogP contribution < -0.4 is 5.73 Å². The molecule has 1 aromatic heterocycles. The zero-order valence-corrected chi connectivity index (χ0v) is 13.3. The first-order valence-electron chi connectivity index (χ1n) is 7.66. The van der Waals surface area contributed by atoms with E-state index in [0.717, 1.165) is 25.2 Å². The molecule has 0 aliphatic heterocycles. The van der Waals surface area contributed by atoms with Gasteiger partial charge in [0, 0.05) is 4.88 Å². The van der Waals surface area contributed by atoms with Crippen LogP contribution in [-0.4, -0.2) is 4.98 Å². The lowest BCUT2D eigenvalue weighted by atomic mass is 9.77. The van der Waals surface area contributed by atoms with Crippen LogP contribution in [0.15, 0.2) is 0 Å². The Morgan fingerprint density at radius 2 is 2.11 bits per heavy atom. The molecule has 19 heavy (non-hydrogen) atoms. The van der Waals surface area contributed by atoms with Crippen LogP contribution in [0.1, 0.15) is 68.5 Å². The highest BCUT2D eigenvalue weighted by molar-refractivity contribution is 7.11. The minimum Gasteiger partial charge on any atom is -0.319 e. The van der Waals surface area contributed by atoms with Gasteiger partial charge in [-0.05, 0) is 43.4 Å². The minimum atomic E-state index is -0.135. The smallest absolute Gasteiger partial charge is 0.113 e. The van der Waals surface area contributed by atoms with Crippen molar-refractivity contribution in [2.45, 2.75) is 71.3 Å². The summed E-state index contributed by atoms with van der Waals surface area (Å²) in [6, 6.07) is 0. The number of fused-ring (bicyclic) bond motifs is 1. The number of thiazole rings is 1. The van der Waals surface area contributed by atoms with E-state index in [4.69, 9.17) is 10.7 Å². The standard InChI is InChI=1S/C16H26N2S/c1-11-5-4-7-16(17,9-11)14-18-12-6-8-15(2,3)10-13(12)19-14/h11H,4-10,17H2,1-3H3. The Hall–Kier alpha value is -0.410. The maximum absolute atomic E-state index is 6.70. The van der Waals surface area contributed by atoms with Gasteiger partial charge in [-0.25, -0.2) is 4.98 Å². The van der Waals surface area contributed by atoms with Crippen LogP contribution >= 0.6 is 11.3 Å². The summed E-state index contributed by atoms with van der Waals surface area (Å²) in [4.78, 5) is 6.45. The summed E-state index contributed by atoms with van der Waals surface area (Å²) in [5.41, 5.74) is 8.36. The largest absolute Gasteiger partial charge is 0.319 e. The molecule has 0 amide bonds. The van der Waals surface area contributed by atoms with E-state index in [9.17, 15) is 0 Å². The zero-order chi connectivity index (χ0) is 13.7. The highest BCUT2D eigenvalue weighted by Gasteiger charge is 2.37. The molecule has 3 rings (SSSR count). The number of hydrogen-bond acceptors (Lipinski definition) is 3. The first kappa shape index (κ1) is 13.6. The highest BCUT2D eigenvalue weighted by Crippen LogP contribution is 2.43. The third-order valence-electron chi connectivity index (χ3n) is 4.91. The molecule has 1 heterocycles. The molecule has 1 fully saturated rings. The van der Waals surface area contributed by atoms with Crippen molar-refractivity contribution < 1.29 is 0 Å². The molecule has 106 valence electrons. The maximum Gasteiger partial charge on any atom is 0.113 e. The topological polar surface area (TPSA) is 38.9 Å². The summed E-state index contributed by atoms with van der Waals surface area (Å²) in [5.74, 6) is 0.746. The summed E-state index contributed by atoms with van der Waals surface area (Å²) in [5, 5.41) is 1.22. The van der Waals surface area contributed by atoms with Gasteiger partial charge in [0.1, 0.15) is 5.01 Å². The monoisotopic (exact) mass is 278 g/mol. The number of nitrogens with zero attached hydrogens (tertiary/aromatic N) is 1. The predicted octanol–water partition coefficient (Wildman–Crippen LogP) is 4.02. The van der Waals surface area contributed by atoms with E-state index in [0.29, 0.717) is 5.41 Å². The van der Waals surface area contributed by atoms with Gasteiger partial charge in [0.2, 0.25) is 0 Å². The average molecular weight is 278 g/mol.